The summed E-state index contributed by atoms with van der Waals surface area (Å²) in [5, 5.41) is 14.2. The van der Waals surface area contributed by atoms with Gasteiger partial charge in [-0.1, -0.05) is 39.8 Å². The molecule has 0 spiro atoms. The number of rotatable bonds is 11. The maximum Gasteiger partial charge on any atom is 0.302 e. The molecule has 0 aromatic heterocycles. The minimum Gasteiger partial charge on any atom is -0.464 e. The van der Waals surface area contributed by atoms with Gasteiger partial charge in [0.1, 0.15) is 18.4 Å². The van der Waals surface area contributed by atoms with E-state index in [-0.39, 0.29) is 36.4 Å². The largest absolute Gasteiger partial charge is 0.464 e. The number of anilines is 2. The molecule has 1 aliphatic rings. The first kappa shape index (κ1) is 32.9. The van der Waals surface area contributed by atoms with Crippen molar-refractivity contribution < 1.29 is 24.0 Å². The van der Waals surface area contributed by atoms with E-state index >= 15 is 0 Å². The minimum atomic E-state index is -0.453. The summed E-state index contributed by atoms with van der Waals surface area (Å²) in [5.74, 6) is -0.621. The average molecular weight is 509 g/mol. The Morgan fingerprint density at radius 3 is 2.44 bits per heavy atom. The molecule has 2 atom stereocenters. The number of nitrogens with one attached hydrogen (secondary N) is 1. The van der Waals surface area contributed by atoms with Crippen molar-refractivity contribution in [3.8, 4) is 0 Å². The molecule has 2 rings (SSSR count). The fourth-order valence-electron chi connectivity index (χ4n) is 3.70. The molecule has 1 aromatic rings. The molecule has 1 heterocycles. The zero-order valence-electron chi connectivity index (χ0n) is 22.6. The molecule has 0 radical (unpaired) electrons. The van der Waals surface area contributed by atoms with Gasteiger partial charge in [-0.3, -0.25) is 24.6 Å². The number of nitrogens with two attached hydrogens (primary N) is 1. The van der Waals surface area contributed by atoms with E-state index in [0.29, 0.717) is 30.8 Å². The van der Waals surface area contributed by atoms with Gasteiger partial charge in [0.15, 0.2) is 0 Å². The van der Waals surface area contributed by atoms with Gasteiger partial charge >= 0.3 is 11.9 Å². The number of nitrogen functional groups attached to an aromatic ring is 1. The van der Waals surface area contributed by atoms with Crippen LogP contribution in [0.1, 0.15) is 67.2 Å². The van der Waals surface area contributed by atoms with Gasteiger partial charge in [0, 0.05) is 57.7 Å². The van der Waals surface area contributed by atoms with Crippen molar-refractivity contribution in [1.82, 2.24) is 4.90 Å². The molecule has 3 N–H and O–H groups in total. The number of hydrogen-bond donors (Lipinski definition) is 2. The molecule has 1 aromatic carbocycles. The second-order valence-corrected chi connectivity index (χ2v) is 7.76. The zero-order valence-corrected chi connectivity index (χ0v) is 22.6. The molecule has 0 aliphatic carbocycles. The zero-order chi connectivity index (χ0) is 27.5. The summed E-state index contributed by atoms with van der Waals surface area (Å²) in [7, 11) is 0. The lowest BCUT2D eigenvalue weighted by Crippen LogP contribution is -2.48. The van der Waals surface area contributed by atoms with E-state index in [9.17, 15) is 19.7 Å². The lowest BCUT2D eigenvalue weighted by atomic mass is 9.99. The van der Waals surface area contributed by atoms with Gasteiger partial charge < -0.3 is 20.5 Å². The third-order valence-corrected chi connectivity index (χ3v) is 5.20. The first-order chi connectivity index (χ1) is 17.3. The molecule has 10 nitrogen and oxygen atoms in total. The molecule has 204 valence electrons. The van der Waals surface area contributed by atoms with Crippen LogP contribution in [-0.2, 0) is 19.1 Å². The second-order valence-electron chi connectivity index (χ2n) is 7.76. The fraction of sp³-hybridized carbons (Fsp3) is 0.615. The van der Waals surface area contributed by atoms with Crippen molar-refractivity contribution >= 4 is 29.0 Å². The van der Waals surface area contributed by atoms with Gasteiger partial charge in [-0.15, -0.1) is 0 Å². The predicted octanol–water partition coefficient (Wildman–Crippen LogP) is 4.94. The van der Waals surface area contributed by atoms with Crippen LogP contribution in [0.15, 0.2) is 30.4 Å². The third kappa shape index (κ3) is 13.1. The highest BCUT2D eigenvalue weighted by Gasteiger charge is 2.30. The maximum atomic E-state index is 11.2. The highest BCUT2D eigenvalue weighted by Crippen LogP contribution is 2.26. The first-order valence-corrected chi connectivity index (χ1v) is 12.7. The smallest absolute Gasteiger partial charge is 0.302 e. The van der Waals surface area contributed by atoms with Crippen LogP contribution in [0, 0.1) is 10.1 Å². The van der Waals surface area contributed by atoms with Crippen molar-refractivity contribution in [2.75, 3.05) is 37.3 Å². The van der Waals surface area contributed by atoms with Crippen molar-refractivity contribution in [3.63, 3.8) is 0 Å². The monoisotopic (exact) mass is 508 g/mol. The maximum absolute atomic E-state index is 11.2. The molecular formula is C26H44N4O6. The van der Waals surface area contributed by atoms with Crippen molar-refractivity contribution in [2.24, 2.45) is 0 Å². The molecule has 1 aliphatic heterocycles. The fourth-order valence-corrected chi connectivity index (χ4v) is 3.70. The van der Waals surface area contributed by atoms with E-state index in [4.69, 9.17) is 15.2 Å². The highest BCUT2D eigenvalue weighted by molar-refractivity contribution is 5.67. The Balaban J connectivity index is 0.00000291. The van der Waals surface area contributed by atoms with Crippen LogP contribution in [0.4, 0.5) is 17.1 Å². The lowest BCUT2D eigenvalue weighted by Gasteiger charge is -2.38. The van der Waals surface area contributed by atoms with Gasteiger partial charge in [-0.2, -0.15) is 0 Å². The van der Waals surface area contributed by atoms with Gasteiger partial charge in [0.2, 0.25) is 0 Å². The standard InChI is InChI=1S/C22H32N4O6.2C2H6/c1-16(27)31-15-19-14-20(32-17(2)28)9-12-25(19)11-6-4-3-5-10-24-21-8-7-18(23)13-22(21)26(29)30;2*1-2/h3-4,7-8,13,19-20,24H,5-6,9-12,14-15,23H2,1-2H3;2*1-2H3/b4-3+;;. The van der Waals surface area contributed by atoms with Crippen LogP contribution < -0.4 is 11.1 Å². The summed E-state index contributed by atoms with van der Waals surface area (Å²) in [6.07, 6.45) is 6.88. The molecule has 36 heavy (non-hydrogen) atoms. The van der Waals surface area contributed by atoms with Gasteiger partial charge in [0.05, 0.1) is 4.92 Å². The van der Waals surface area contributed by atoms with Crippen LogP contribution in [-0.4, -0.2) is 60.1 Å². The van der Waals surface area contributed by atoms with E-state index < -0.39 is 4.92 Å². The van der Waals surface area contributed by atoms with E-state index in [0.717, 1.165) is 25.9 Å². The number of likely N-dealkylation sites (tertiary alicyclic amines) is 1. The number of nitrogens with zero attached hydrogens (tertiary/aromatic N) is 2. The number of hydrogen-bond acceptors (Lipinski definition) is 9. The highest BCUT2D eigenvalue weighted by atomic mass is 16.6. The number of piperidine rings is 1. The Hall–Kier alpha value is -3.14. The molecule has 0 saturated carbocycles. The Labute approximate surface area is 215 Å². The number of carbonyl (C=O) groups is 2. The number of ether oxygens (including phenoxy) is 2. The Morgan fingerprint density at radius 1 is 1.17 bits per heavy atom. The van der Waals surface area contributed by atoms with E-state index in [2.05, 4.69) is 16.3 Å². The predicted molar refractivity (Wildman–Crippen MR) is 144 cm³/mol. The number of benzene rings is 1. The van der Waals surface area contributed by atoms with Crippen LogP contribution in [0.5, 0.6) is 0 Å². The quantitative estimate of drug-likeness (QED) is 0.106. The Kier molecular flexibility index (Phi) is 17.4. The normalized spacial score (nSPS) is 17.2. The van der Waals surface area contributed by atoms with Crippen LogP contribution >= 0.6 is 0 Å². The molecule has 0 bridgehead atoms. The lowest BCUT2D eigenvalue weighted by molar-refractivity contribution is -0.383. The molecule has 2 unspecified atom stereocenters. The minimum absolute atomic E-state index is 0.0122. The van der Waals surface area contributed by atoms with E-state index in [1.54, 1.807) is 12.1 Å². The van der Waals surface area contributed by atoms with Gasteiger partial charge in [0.25, 0.3) is 5.69 Å². The average Bonchev–Trinajstić information content (AvgIpc) is 2.85. The SMILES string of the molecule is CC.CC.CC(=O)OCC1CC(OC(C)=O)CCN1CC/C=C/CCNc1ccc(N)cc1[N+](=O)[O-]. The molecule has 1 fully saturated rings. The molecule has 0 amide bonds. The summed E-state index contributed by atoms with van der Waals surface area (Å²) in [4.78, 5) is 35.4. The third-order valence-electron chi connectivity index (χ3n) is 5.20. The number of nitro groups is 1. The van der Waals surface area contributed by atoms with Crippen LogP contribution in [0.2, 0.25) is 0 Å². The Morgan fingerprint density at radius 2 is 1.83 bits per heavy atom. The number of nitro benzene ring substituents is 1. The molecule has 1 saturated heterocycles. The number of carbonyl (C=O) groups excluding carboxylic acids is 2. The Bertz CT molecular complexity index is 831. The topological polar surface area (TPSA) is 137 Å². The van der Waals surface area contributed by atoms with Crippen LogP contribution in [0.25, 0.3) is 0 Å². The summed E-state index contributed by atoms with van der Waals surface area (Å²) in [5.41, 5.74) is 6.38. The van der Waals surface area contributed by atoms with Gasteiger partial charge in [-0.05, 0) is 31.4 Å². The summed E-state index contributed by atoms with van der Waals surface area (Å²) < 4.78 is 10.5. The summed E-state index contributed by atoms with van der Waals surface area (Å²) in [6, 6.07) is 4.59. The van der Waals surface area contributed by atoms with Crippen molar-refractivity contribution in [2.45, 2.75) is 79.4 Å². The van der Waals surface area contributed by atoms with Crippen LogP contribution in [0.3, 0.4) is 0 Å². The van der Waals surface area contributed by atoms with E-state index in [1.165, 1.54) is 19.9 Å². The molecule has 10 heteroatoms. The van der Waals surface area contributed by atoms with E-state index in [1.807, 2.05) is 33.8 Å². The first-order valence-electron chi connectivity index (χ1n) is 12.7. The van der Waals surface area contributed by atoms with Crippen molar-refractivity contribution in [3.05, 3.63) is 40.5 Å². The second kappa shape index (κ2) is 19.1. The van der Waals surface area contributed by atoms with Gasteiger partial charge in [-0.25, -0.2) is 0 Å². The van der Waals surface area contributed by atoms with Crippen molar-refractivity contribution in [1.29, 1.82) is 0 Å². The number of esters is 2. The summed E-state index contributed by atoms with van der Waals surface area (Å²) in [6.45, 7) is 13.2. The summed E-state index contributed by atoms with van der Waals surface area (Å²) >= 11 is 0. The molecular weight excluding hydrogens is 464 g/mol.